The minimum Gasteiger partial charge on any atom is -0.337 e. The van der Waals surface area contributed by atoms with Crippen LogP contribution in [-0.2, 0) is 15.8 Å². The third-order valence-electron chi connectivity index (χ3n) is 5.13. The molecule has 0 radical (unpaired) electrons. The van der Waals surface area contributed by atoms with Crippen LogP contribution in [0.1, 0.15) is 29.5 Å². The molecular formula is C21H24N4O3S. The minimum atomic E-state index is -3.43. The van der Waals surface area contributed by atoms with Crippen molar-refractivity contribution in [2.45, 2.75) is 31.2 Å². The summed E-state index contributed by atoms with van der Waals surface area (Å²) < 4.78 is 33.4. The number of hydrogen-bond acceptors (Lipinski definition) is 6. The molecule has 0 saturated carbocycles. The van der Waals surface area contributed by atoms with Crippen molar-refractivity contribution in [1.82, 2.24) is 19.8 Å². The minimum absolute atomic E-state index is 0.0309. The lowest BCUT2D eigenvalue weighted by Crippen LogP contribution is -2.37. The molecule has 1 saturated heterocycles. The smallest absolute Gasteiger partial charge is 0.244 e. The van der Waals surface area contributed by atoms with Crippen LogP contribution in [0.2, 0.25) is 0 Å². The van der Waals surface area contributed by atoms with E-state index in [9.17, 15) is 8.42 Å². The molecule has 0 amide bonds. The van der Waals surface area contributed by atoms with Gasteiger partial charge >= 0.3 is 0 Å². The van der Waals surface area contributed by atoms with E-state index in [0.29, 0.717) is 24.7 Å². The number of aromatic nitrogens is 2. The topological polar surface area (TPSA) is 88.3 Å². The number of nitrogens with one attached hydrogen (secondary N) is 1. The molecule has 29 heavy (non-hydrogen) atoms. The largest absolute Gasteiger partial charge is 0.337 e. The summed E-state index contributed by atoms with van der Waals surface area (Å²) in [6, 6.07) is 16.8. The van der Waals surface area contributed by atoms with Crippen LogP contribution in [0.4, 0.5) is 0 Å². The normalized spacial score (nSPS) is 20.2. The Morgan fingerprint density at radius 2 is 1.86 bits per heavy atom. The Kier molecular flexibility index (Phi) is 5.49. The molecule has 0 bridgehead atoms. The maximum Gasteiger partial charge on any atom is 0.244 e. The summed E-state index contributed by atoms with van der Waals surface area (Å²) in [6.45, 7) is 2.61. The number of hydrogen-bond donors (Lipinski definition) is 1. The fourth-order valence-corrected chi connectivity index (χ4v) is 5.05. The highest BCUT2D eigenvalue weighted by atomic mass is 32.2. The molecule has 3 aromatic rings. The number of nitrogens with zero attached hydrogens (tertiary/aromatic N) is 3. The van der Waals surface area contributed by atoms with E-state index in [1.54, 1.807) is 0 Å². The highest BCUT2D eigenvalue weighted by molar-refractivity contribution is 7.88. The van der Waals surface area contributed by atoms with E-state index in [1.807, 2.05) is 73.5 Å². The van der Waals surface area contributed by atoms with Gasteiger partial charge in [0.1, 0.15) is 0 Å². The molecular weight excluding hydrogens is 388 g/mol. The predicted molar refractivity (Wildman–Crippen MR) is 110 cm³/mol. The van der Waals surface area contributed by atoms with Gasteiger partial charge in [0.25, 0.3) is 0 Å². The Hall–Kier alpha value is -2.55. The number of rotatable bonds is 6. The van der Waals surface area contributed by atoms with Gasteiger partial charge in [0, 0.05) is 18.2 Å². The quantitative estimate of drug-likeness (QED) is 0.670. The highest BCUT2D eigenvalue weighted by Gasteiger charge is 2.36. The van der Waals surface area contributed by atoms with Crippen LogP contribution < -0.4 is 4.72 Å². The zero-order valence-corrected chi connectivity index (χ0v) is 17.3. The molecule has 0 spiro atoms. The first-order valence-electron chi connectivity index (χ1n) is 9.54. The van der Waals surface area contributed by atoms with Crippen molar-refractivity contribution >= 4 is 10.0 Å². The molecule has 7 nitrogen and oxygen atoms in total. The number of likely N-dealkylation sites (tertiary alicyclic amines) is 1. The van der Waals surface area contributed by atoms with E-state index in [2.05, 4.69) is 14.9 Å². The molecule has 2 atom stereocenters. The molecule has 1 aromatic heterocycles. The predicted octanol–water partition coefficient (Wildman–Crippen LogP) is 2.91. The lowest BCUT2D eigenvalue weighted by molar-refractivity contribution is 0.244. The lowest BCUT2D eigenvalue weighted by Gasteiger charge is -2.14. The van der Waals surface area contributed by atoms with Crippen molar-refractivity contribution < 1.29 is 12.9 Å². The molecule has 152 valence electrons. The molecule has 1 fully saturated rings. The summed E-state index contributed by atoms with van der Waals surface area (Å²) in [5, 5.41) is 4.10. The van der Waals surface area contributed by atoms with E-state index >= 15 is 0 Å². The monoisotopic (exact) mass is 412 g/mol. The summed E-state index contributed by atoms with van der Waals surface area (Å²) in [4.78, 5) is 6.59. The van der Waals surface area contributed by atoms with Crippen LogP contribution in [0.15, 0.2) is 59.1 Å². The molecule has 8 heteroatoms. The summed E-state index contributed by atoms with van der Waals surface area (Å²) in [7, 11) is -1.50. The zero-order valence-electron chi connectivity index (χ0n) is 16.4. The van der Waals surface area contributed by atoms with E-state index in [4.69, 9.17) is 4.52 Å². The van der Waals surface area contributed by atoms with Gasteiger partial charge in [-0.2, -0.15) is 4.98 Å². The SMILES string of the molecule is Cc1ccc(-c2noc([C@@H]3C[C@H](NS(=O)(=O)Cc4ccccc4)CN3C)n2)cc1. The molecule has 0 unspecified atom stereocenters. The molecule has 1 N–H and O–H groups in total. The second kappa shape index (κ2) is 8.06. The second-order valence-electron chi connectivity index (χ2n) is 7.57. The molecule has 2 heterocycles. The third-order valence-corrected chi connectivity index (χ3v) is 6.54. The molecule has 1 aliphatic heterocycles. The van der Waals surface area contributed by atoms with Gasteiger partial charge < -0.3 is 4.52 Å². The number of benzene rings is 2. The van der Waals surface area contributed by atoms with E-state index in [1.165, 1.54) is 5.56 Å². The summed E-state index contributed by atoms with van der Waals surface area (Å²) >= 11 is 0. The Morgan fingerprint density at radius 3 is 2.59 bits per heavy atom. The van der Waals surface area contributed by atoms with Crippen molar-refractivity contribution in [2.24, 2.45) is 0 Å². The van der Waals surface area contributed by atoms with Gasteiger partial charge in [0.2, 0.25) is 21.7 Å². The van der Waals surface area contributed by atoms with Crippen molar-refractivity contribution in [3.63, 3.8) is 0 Å². The van der Waals surface area contributed by atoms with Crippen molar-refractivity contribution in [3.05, 3.63) is 71.6 Å². The Labute approximate surface area is 170 Å². The van der Waals surface area contributed by atoms with Gasteiger partial charge in [0.15, 0.2) is 0 Å². The van der Waals surface area contributed by atoms with Gasteiger partial charge in [-0.1, -0.05) is 65.3 Å². The molecule has 2 aromatic carbocycles. The van der Waals surface area contributed by atoms with Crippen molar-refractivity contribution in [1.29, 1.82) is 0 Å². The first-order chi connectivity index (χ1) is 13.9. The standard InChI is InChI=1S/C21H24N4O3S/c1-15-8-10-17(11-9-15)20-22-21(28-23-20)19-12-18(13-25(19)2)24-29(26,27)14-16-6-4-3-5-7-16/h3-11,18-19,24H,12-14H2,1-2H3/t18-,19-/m0/s1. The van der Waals surface area contributed by atoms with E-state index in [0.717, 1.165) is 11.1 Å². The summed E-state index contributed by atoms with van der Waals surface area (Å²) in [5.41, 5.74) is 2.83. The van der Waals surface area contributed by atoms with Crippen LogP contribution >= 0.6 is 0 Å². The van der Waals surface area contributed by atoms with E-state index < -0.39 is 10.0 Å². The van der Waals surface area contributed by atoms with Crippen molar-refractivity contribution in [3.8, 4) is 11.4 Å². The maximum absolute atomic E-state index is 12.5. The van der Waals surface area contributed by atoms with Gasteiger partial charge in [-0.05, 0) is 26.0 Å². The summed E-state index contributed by atoms with van der Waals surface area (Å²) in [6.07, 6.45) is 0.583. The van der Waals surface area contributed by atoms with Crippen LogP contribution in [0.25, 0.3) is 11.4 Å². The number of sulfonamides is 1. The van der Waals surface area contributed by atoms with Gasteiger partial charge in [-0.25, -0.2) is 13.1 Å². The third kappa shape index (κ3) is 4.72. The van der Waals surface area contributed by atoms with Crippen LogP contribution in [-0.4, -0.2) is 43.1 Å². The Bertz CT molecular complexity index is 1060. The van der Waals surface area contributed by atoms with Gasteiger partial charge in [0.05, 0.1) is 11.8 Å². The second-order valence-corrected chi connectivity index (χ2v) is 9.33. The first-order valence-corrected chi connectivity index (χ1v) is 11.2. The fraction of sp³-hybridized carbons (Fsp3) is 0.333. The maximum atomic E-state index is 12.5. The average Bonchev–Trinajstić information content (AvgIpc) is 3.29. The zero-order chi connectivity index (χ0) is 20.4. The molecule has 0 aliphatic carbocycles. The van der Waals surface area contributed by atoms with Crippen LogP contribution in [0.3, 0.4) is 0 Å². The number of aryl methyl sites for hydroxylation is 1. The van der Waals surface area contributed by atoms with Crippen LogP contribution in [0, 0.1) is 6.92 Å². The van der Waals surface area contributed by atoms with Gasteiger partial charge in [-0.3, -0.25) is 4.90 Å². The fourth-order valence-electron chi connectivity index (χ4n) is 3.65. The Balaban J connectivity index is 1.43. The first kappa shape index (κ1) is 19.8. The molecule has 4 rings (SSSR count). The Morgan fingerprint density at radius 1 is 1.14 bits per heavy atom. The van der Waals surface area contributed by atoms with E-state index in [-0.39, 0.29) is 17.8 Å². The van der Waals surface area contributed by atoms with Gasteiger partial charge in [-0.15, -0.1) is 0 Å². The molecule has 1 aliphatic rings. The summed E-state index contributed by atoms with van der Waals surface area (Å²) in [5.74, 6) is 1.02. The lowest BCUT2D eigenvalue weighted by atomic mass is 10.1. The van der Waals surface area contributed by atoms with Crippen LogP contribution in [0.5, 0.6) is 0 Å². The van der Waals surface area contributed by atoms with Crippen molar-refractivity contribution in [2.75, 3.05) is 13.6 Å². The highest BCUT2D eigenvalue weighted by Crippen LogP contribution is 2.31. The number of likely N-dealkylation sites (N-methyl/N-ethyl adjacent to an activating group) is 1. The average molecular weight is 413 g/mol.